The third kappa shape index (κ3) is 2.79. The van der Waals surface area contributed by atoms with Crippen LogP contribution in [0.15, 0.2) is 36.4 Å². The van der Waals surface area contributed by atoms with Crippen molar-refractivity contribution in [2.24, 2.45) is 7.05 Å². The Balaban J connectivity index is 1.59. The quantitative estimate of drug-likeness (QED) is 0.723. The molecule has 0 N–H and O–H groups in total. The van der Waals surface area contributed by atoms with Crippen molar-refractivity contribution in [3.05, 3.63) is 53.5 Å². The van der Waals surface area contributed by atoms with Gasteiger partial charge in [-0.1, -0.05) is 30.3 Å². The van der Waals surface area contributed by atoms with E-state index in [0.717, 1.165) is 23.6 Å². The summed E-state index contributed by atoms with van der Waals surface area (Å²) in [4.78, 5) is 14.8. The summed E-state index contributed by atoms with van der Waals surface area (Å²) in [7, 11) is 1.88. The molecule has 0 saturated heterocycles. The second-order valence-corrected chi connectivity index (χ2v) is 6.78. The number of carbonyl (C=O) groups excluding carboxylic acids is 1. The highest BCUT2D eigenvalue weighted by Crippen LogP contribution is 2.28. The van der Waals surface area contributed by atoms with Crippen LogP contribution in [0.4, 0.5) is 0 Å². The molecule has 134 valence electrons. The molecular weight excluding hydrogens is 328 g/mol. The van der Waals surface area contributed by atoms with Gasteiger partial charge in [0.05, 0.1) is 12.2 Å². The molecule has 26 heavy (non-hydrogen) atoms. The van der Waals surface area contributed by atoms with E-state index in [1.165, 1.54) is 5.56 Å². The van der Waals surface area contributed by atoms with Crippen molar-refractivity contribution in [2.75, 3.05) is 6.54 Å². The number of fused-ring (bicyclic) bond motifs is 1. The van der Waals surface area contributed by atoms with Crippen molar-refractivity contribution < 1.29 is 4.79 Å². The first-order valence-corrected chi connectivity index (χ1v) is 8.82. The fourth-order valence-corrected chi connectivity index (χ4v) is 3.55. The first-order valence-electron chi connectivity index (χ1n) is 8.82. The molecule has 0 saturated carbocycles. The number of hydrogen-bond acceptors (Lipinski definition) is 4. The molecule has 0 aliphatic carbocycles. The first kappa shape index (κ1) is 16.5. The van der Waals surface area contributed by atoms with Crippen LogP contribution in [-0.4, -0.2) is 41.9 Å². The molecular formula is C19H22N6O. The SMILES string of the molecule is Cc1cc(-c2nnc3n2[C@@H](C)C(=O)N(CCc2ccccc2)C3)n(C)n1. The normalized spacial score (nSPS) is 16.8. The molecule has 1 aromatic carbocycles. The topological polar surface area (TPSA) is 68.8 Å². The zero-order valence-corrected chi connectivity index (χ0v) is 15.3. The van der Waals surface area contributed by atoms with E-state index in [-0.39, 0.29) is 11.9 Å². The highest BCUT2D eigenvalue weighted by Gasteiger charge is 2.33. The summed E-state index contributed by atoms with van der Waals surface area (Å²) in [6, 6.07) is 11.9. The van der Waals surface area contributed by atoms with E-state index in [2.05, 4.69) is 27.4 Å². The molecule has 0 radical (unpaired) electrons. The minimum absolute atomic E-state index is 0.105. The maximum atomic E-state index is 12.9. The molecule has 7 heteroatoms. The molecule has 7 nitrogen and oxygen atoms in total. The van der Waals surface area contributed by atoms with Crippen LogP contribution in [0.2, 0.25) is 0 Å². The van der Waals surface area contributed by atoms with Crippen molar-refractivity contribution in [3.8, 4) is 11.5 Å². The summed E-state index contributed by atoms with van der Waals surface area (Å²) in [6.45, 7) is 5.02. The standard InChI is InChI=1S/C19H22N6O/c1-13-11-16(23(3)22-13)18-21-20-17-12-24(19(26)14(2)25(17)18)10-9-15-7-5-4-6-8-15/h4-8,11,14H,9-10,12H2,1-3H3/t14-/m0/s1. The Morgan fingerprint density at radius 1 is 1.19 bits per heavy atom. The fraction of sp³-hybridized carbons (Fsp3) is 0.368. The Kier molecular flexibility index (Phi) is 4.06. The van der Waals surface area contributed by atoms with Gasteiger partial charge >= 0.3 is 0 Å². The van der Waals surface area contributed by atoms with Crippen LogP contribution < -0.4 is 0 Å². The van der Waals surface area contributed by atoms with Crippen LogP contribution in [0.3, 0.4) is 0 Å². The van der Waals surface area contributed by atoms with Gasteiger partial charge in [0.1, 0.15) is 11.7 Å². The second-order valence-electron chi connectivity index (χ2n) is 6.78. The van der Waals surface area contributed by atoms with E-state index >= 15 is 0 Å². The van der Waals surface area contributed by atoms with E-state index in [1.807, 2.05) is 54.6 Å². The van der Waals surface area contributed by atoms with Gasteiger partial charge in [-0.3, -0.25) is 14.0 Å². The molecule has 1 atom stereocenters. The molecule has 0 fully saturated rings. The van der Waals surface area contributed by atoms with Crippen molar-refractivity contribution >= 4 is 5.91 Å². The average molecular weight is 350 g/mol. The number of carbonyl (C=O) groups is 1. The predicted molar refractivity (Wildman–Crippen MR) is 97.2 cm³/mol. The third-order valence-electron chi connectivity index (χ3n) is 4.90. The molecule has 0 spiro atoms. The Morgan fingerprint density at radius 2 is 1.96 bits per heavy atom. The molecule has 0 bridgehead atoms. The summed E-state index contributed by atoms with van der Waals surface area (Å²) < 4.78 is 3.73. The maximum Gasteiger partial charge on any atom is 0.245 e. The summed E-state index contributed by atoms with van der Waals surface area (Å²) in [5.74, 6) is 1.62. The minimum Gasteiger partial charge on any atom is -0.333 e. The monoisotopic (exact) mass is 350 g/mol. The number of aromatic nitrogens is 5. The lowest BCUT2D eigenvalue weighted by atomic mass is 10.1. The molecule has 4 rings (SSSR count). The molecule has 2 aromatic heterocycles. The van der Waals surface area contributed by atoms with Crippen molar-refractivity contribution in [2.45, 2.75) is 32.9 Å². The summed E-state index contributed by atoms with van der Waals surface area (Å²) in [5.41, 5.74) is 3.02. The third-order valence-corrected chi connectivity index (χ3v) is 4.90. The number of rotatable bonds is 4. The largest absolute Gasteiger partial charge is 0.333 e. The molecule has 3 aromatic rings. The van der Waals surface area contributed by atoms with Crippen LogP contribution in [0.5, 0.6) is 0 Å². The summed E-state index contributed by atoms with van der Waals surface area (Å²) in [5, 5.41) is 13.1. The number of hydrogen-bond donors (Lipinski definition) is 0. The van der Waals surface area contributed by atoms with E-state index < -0.39 is 0 Å². The van der Waals surface area contributed by atoms with E-state index in [9.17, 15) is 4.79 Å². The predicted octanol–water partition coefficient (Wildman–Crippen LogP) is 2.13. The molecule has 1 aliphatic rings. The Labute approximate surface area is 152 Å². The van der Waals surface area contributed by atoms with Crippen LogP contribution in [0, 0.1) is 6.92 Å². The van der Waals surface area contributed by atoms with Crippen molar-refractivity contribution in [1.29, 1.82) is 0 Å². The number of amides is 1. The highest BCUT2D eigenvalue weighted by molar-refractivity contribution is 5.82. The van der Waals surface area contributed by atoms with Crippen molar-refractivity contribution in [1.82, 2.24) is 29.4 Å². The highest BCUT2D eigenvalue weighted by atomic mass is 16.2. The van der Waals surface area contributed by atoms with E-state index in [4.69, 9.17) is 0 Å². The van der Waals surface area contributed by atoms with Crippen LogP contribution in [0.25, 0.3) is 11.5 Å². The molecule has 0 unspecified atom stereocenters. The smallest absolute Gasteiger partial charge is 0.245 e. The number of aryl methyl sites for hydroxylation is 2. The maximum absolute atomic E-state index is 12.9. The van der Waals surface area contributed by atoms with Crippen LogP contribution in [-0.2, 0) is 24.8 Å². The van der Waals surface area contributed by atoms with Crippen LogP contribution in [0.1, 0.15) is 30.0 Å². The molecule has 1 amide bonds. The van der Waals surface area contributed by atoms with Crippen molar-refractivity contribution in [3.63, 3.8) is 0 Å². The number of nitrogens with zero attached hydrogens (tertiary/aromatic N) is 6. The molecule has 3 heterocycles. The van der Waals surface area contributed by atoms with Gasteiger partial charge in [-0.25, -0.2) is 0 Å². The van der Waals surface area contributed by atoms with Gasteiger partial charge in [0.15, 0.2) is 11.6 Å². The first-order chi connectivity index (χ1) is 12.5. The lowest BCUT2D eigenvalue weighted by Crippen LogP contribution is -2.42. The fourth-order valence-electron chi connectivity index (χ4n) is 3.55. The van der Waals surface area contributed by atoms with Gasteiger partial charge in [-0.2, -0.15) is 5.10 Å². The van der Waals surface area contributed by atoms with Gasteiger partial charge in [-0.15, -0.1) is 10.2 Å². The Hall–Kier alpha value is -2.96. The minimum atomic E-state index is -0.324. The summed E-state index contributed by atoms with van der Waals surface area (Å²) in [6.07, 6.45) is 0.835. The zero-order chi connectivity index (χ0) is 18.3. The number of benzene rings is 1. The lowest BCUT2D eigenvalue weighted by molar-refractivity contribution is -0.136. The van der Waals surface area contributed by atoms with E-state index in [0.29, 0.717) is 18.9 Å². The Bertz CT molecular complexity index is 942. The molecule has 1 aliphatic heterocycles. The second kappa shape index (κ2) is 6.40. The lowest BCUT2D eigenvalue weighted by Gasteiger charge is -2.32. The van der Waals surface area contributed by atoms with Gasteiger partial charge in [-0.05, 0) is 31.9 Å². The zero-order valence-electron chi connectivity index (χ0n) is 15.3. The van der Waals surface area contributed by atoms with Crippen LogP contribution >= 0.6 is 0 Å². The Morgan fingerprint density at radius 3 is 2.65 bits per heavy atom. The van der Waals surface area contributed by atoms with Gasteiger partial charge in [0, 0.05) is 13.6 Å². The summed E-state index contributed by atoms with van der Waals surface area (Å²) >= 11 is 0. The van der Waals surface area contributed by atoms with Gasteiger partial charge < -0.3 is 4.90 Å². The van der Waals surface area contributed by atoms with Gasteiger partial charge in [0.2, 0.25) is 5.91 Å². The average Bonchev–Trinajstić information content (AvgIpc) is 3.20. The van der Waals surface area contributed by atoms with E-state index in [1.54, 1.807) is 4.68 Å². The van der Waals surface area contributed by atoms with Gasteiger partial charge in [0.25, 0.3) is 0 Å².